The fourth-order valence-corrected chi connectivity index (χ4v) is 2.99. The van der Waals surface area contributed by atoms with Crippen LogP contribution in [-0.4, -0.2) is 24.8 Å². The average Bonchev–Trinajstić information content (AvgIpc) is 2.42. The van der Waals surface area contributed by atoms with Gasteiger partial charge in [-0.05, 0) is 50.3 Å². The molecule has 0 bridgehead atoms. The third kappa shape index (κ3) is 4.88. The van der Waals surface area contributed by atoms with Gasteiger partial charge in [0, 0.05) is 18.7 Å². The molecular formula is C17H26FNO. The molecule has 0 saturated carbocycles. The van der Waals surface area contributed by atoms with Gasteiger partial charge in [0.05, 0.1) is 6.10 Å². The van der Waals surface area contributed by atoms with Gasteiger partial charge in [0.25, 0.3) is 0 Å². The van der Waals surface area contributed by atoms with Crippen molar-refractivity contribution in [3.63, 3.8) is 0 Å². The molecule has 0 aromatic heterocycles. The van der Waals surface area contributed by atoms with Crippen LogP contribution < -0.4 is 5.32 Å². The number of nitrogens with one attached hydrogen (secondary N) is 1. The molecule has 3 heteroatoms. The number of ether oxygens (including phenoxy) is 1. The first kappa shape index (κ1) is 15.5. The Morgan fingerprint density at radius 1 is 1.35 bits per heavy atom. The first-order valence-corrected chi connectivity index (χ1v) is 7.79. The average molecular weight is 279 g/mol. The van der Waals surface area contributed by atoms with E-state index < -0.39 is 0 Å². The maximum Gasteiger partial charge on any atom is 0.123 e. The molecule has 1 aromatic carbocycles. The van der Waals surface area contributed by atoms with E-state index in [0.29, 0.717) is 18.2 Å². The van der Waals surface area contributed by atoms with Crippen molar-refractivity contribution in [3.05, 3.63) is 35.6 Å². The summed E-state index contributed by atoms with van der Waals surface area (Å²) in [6.45, 7) is 5.27. The van der Waals surface area contributed by atoms with Crippen LogP contribution in [0.1, 0.15) is 45.1 Å². The molecule has 20 heavy (non-hydrogen) atoms. The van der Waals surface area contributed by atoms with Crippen molar-refractivity contribution in [1.82, 2.24) is 5.32 Å². The summed E-state index contributed by atoms with van der Waals surface area (Å²) < 4.78 is 18.7. The molecule has 0 spiro atoms. The second-order valence-electron chi connectivity index (χ2n) is 5.90. The number of hydrogen-bond acceptors (Lipinski definition) is 2. The molecule has 0 amide bonds. The largest absolute Gasteiger partial charge is 0.378 e. The zero-order valence-electron chi connectivity index (χ0n) is 12.6. The number of hydrogen-bond donors (Lipinski definition) is 1. The van der Waals surface area contributed by atoms with Crippen LogP contribution in [0.5, 0.6) is 0 Å². The summed E-state index contributed by atoms with van der Waals surface area (Å²) in [5.74, 6) is -0.166. The molecule has 3 unspecified atom stereocenters. The molecule has 0 radical (unpaired) electrons. The van der Waals surface area contributed by atoms with E-state index >= 15 is 0 Å². The van der Waals surface area contributed by atoms with E-state index in [1.165, 1.54) is 24.1 Å². The van der Waals surface area contributed by atoms with Crippen LogP contribution in [0.3, 0.4) is 0 Å². The van der Waals surface area contributed by atoms with E-state index in [0.717, 1.165) is 32.3 Å². The molecule has 1 aliphatic rings. The maximum absolute atomic E-state index is 12.9. The number of rotatable bonds is 6. The summed E-state index contributed by atoms with van der Waals surface area (Å²) in [6, 6.07) is 7.78. The first-order chi connectivity index (χ1) is 9.67. The Morgan fingerprint density at radius 2 is 2.10 bits per heavy atom. The van der Waals surface area contributed by atoms with Crippen molar-refractivity contribution in [1.29, 1.82) is 0 Å². The molecule has 1 heterocycles. The topological polar surface area (TPSA) is 21.3 Å². The predicted octanol–water partition coefficient (Wildman–Crippen LogP) is 3.69. The predicted molar refractivity (Wildman–Crippen MR) is 80.4 cm³/mol. The summed E-state index contributed by atoms with van der Waals surface area (Å²) in [4.78, 5) is 0. The molecule has 2 nitrogen and oxygen atoms in total. The smallest absolute Gasteiger partial charge is 0.123 e. The lowest BCUT2D eigenvalue weighted by atomic mass is 9.98. The minimum atomic E-state index is -0.166. The number of benzene rings is 1. The lowest BCUT2D eigenvalue weighted by molar-refractivity contribution is -0.00465. The highest BCUT2D eigenvalue weighted by atomic mass is 19.1. The van der Waals surface area contributed by atoms with Crippen LogP contribution in [0, 0.1) is 5.82 Å². The summed E-state index contributed by atoms with van der Waals surface area (Å²) in [7, 11) is 0. The lowest BCUT2D eigenvalue weighted by Gasteiger charge is -2.32. The third-order valence-corrected chi connectivity index (χ3v) is 3.95. The monoisotopic (exact) mass is 279 g/mol. The van der Waals surface area contributed by atoms with Crippen LogP contribution >= 0.6 is 0 Å². The molecule has 1 N–H and O–H groups in total. The molecular weight excluding hydrogens is 253 g/mol. The Hall–Kier alpha value is -0.930. The first-order valence-electron chi connectivity index (χ1n) is 7.79. The van der Waals surface area contributed by atoms with Crippen LogP contribution in [0.15, 0.2) is 24.3 Å². The van der Waals surface area contributed by atoms with E-state index in [1.807, 2.05) is 12.1 Å². The molecule has 0 aliphatic carbocycles. The van der Waals surface area contributed by atoms with Crippen LogP contribution in [0.4, 0.5) is 4.39 Å². The van der Waals surface area contributed by atoms with Gasteiger partial charge in [-0.15, -0.1) is 0 Å². The van der Waals surface area contributed by atoms with E-state index in [2.05, 4.69) is 19.2 Å². The minimum absolute atomic E-state index is 0.166. The van der Waals surface area contributed by atoms with Crippen LogP contribution in [0.25, 0.3) is 0 Å². The van der Waals surface area contributed by atoms with Crippen molar-refractivity contribution < 1.29 is 9.13 Å². The molecule has 1 aliphatic heterocycles. The SMILES string of the molecule is CCCC1CC(NC(C)Cc2ccc(F)cc2)CCO1. The second-order valence-corrected chi connectivity index (χ2v) is 5.90. The Balaban J connectivity index is 1.78. The van der Waals surface area contributed by atoms with Gasteiger partial charge in [-0.2, -0.15) is 0 Å². The quantitative estimate of drug-likeness (QED) is 0.857. The molecule has 1 fully saturated rings. The molecule has 2 rings (SSSR count). The number of halogens is 1. The van der Waals surface area contributed by atoms with Crippen molar-refractivity contribution in [3.8, 4) is 0 Å². The Morgan fingerprint density at radius 3 is 2.80 bits per heavy atom. The molecule has 1 aromatic rings. The second kappa shape index (κ2) is 7.75. The van der Waals surface area contributed by atoms with Crippen LogP contribution in [-0.2, 0) is 11.2 Å². The summed E-state index contributed by atoms with van der Waals surface area (Å²) in [5, 5.41) is 3.70. The Kier molecular flexibility index (Phi) is 5.99. The van der Waals surface area contributed by atoms with E-state index in [9.17, 15) is 4.39 Å². The molecule has 1 saturated heterocycles. The van der Waals surface area contributed by atoms with Gasteiger partial charge in [-0.3, -0.25) is 0 Å². The summed E-state index contributed by atoms with van der Waals surface area (Å²) in [5.41, 5.74) is 1.18. The van der Waals surface area contributed by atoms with E-state index in [-0.39, 0.29) is 5.82 Å². The van der Waals surface area contributed by atoms with Gasteiger partial charge in [-0.25, -0.2) is 4.39 Å². The Labute approximate surface area is 121 Å². The van der Waals surface area contributed by atoms with E-state index in [4.69, 9.17) is 4.74 Å². The highest BCUT2D eigenvalue weighted by Crippen LogP contribution is 2.18. The van der Waals surface area contributed by atoms with Crippen molar-refractivity contribution in [2.75, 3.05) is 6.61 Å². The zero-order valence-corrected chi connectivity index (χ0v) is 12.6. The molecule has 112 valence electrons. The van der Waals surface area contributed by atoms with Crippen molar-refractivity contribution >= 4 is 0 Å². The van der Waals surface area contributed by atoms with Gasteiger partial charge in [-0.1, -0.05) is 25.5 Å². The summed E-state index contributed by atoms with van der Waals surface area (Å²) >= 11 is 0. The van der Waals surface area contributed by atoms with Gasteiger partial charge >= 0.3 is 0 Å². The third-order valence-electron chi connectivity index (χ3n) is 3.95. The van der Waals surface area contributed by atoms with Crippen molar-refractivity contribution in [2.45, 2.75) is 64.1 Å². The summed E-state index contributed by atoms with van der Waals surface area (Å²) in [6.07, 6.45) is 5.91. The normalized spacial score (nSPS) is 24.6. The standard InChI is InChI=1S/C17H26FNO/c1-3-4-17-12-16(9-10-20-17)19-13(2)11-14-5-7-15(18)8-6-14/h5-8,13,16-17,19H,3-4,9-12H2,1-2H3. The maximum atomic E-state index is 12.9. The van der Waals surface area contributed by atoms with Gasteiger partial charge in [0.1, 0.15) is 5.82 Å². The van der Waals surface area contributed by atoms with Crippen molar-refractivity contribution in [2.24, 2.45) is 0 Å². The fraction of sp³-hybridized carbons (Fsp3) is 0.647. The highest BCUT2D eigenvalue weighted by Gasteiger charge is 2.22. The van der Waals surface area contributed by atoms with Gasteiger partial charge in [0.15, 0.2) is 0 Å². The van der Waals surface area contributed by atoms with Gasteiger partial charge in [0.2, 0.25) is 0 Å². The fourth-order valence-electron chi connectivity index (χ4n) is 2.99. The van der Waals surface area contributed by atoms with Gasteiger partial charge < -0.3 is 10.1 Å². The zero-order chi connectivity index (χ0) is 14.4. The van der Waals surface area contributed by atoms with E-state index in [1.54, 1.807) is 0 Å². The highest BCUT2D eigenvalue weighted by molar-refractivity contribution is 5.17. The molecule has 3 atom stereocenters. The van der Waals surface area contributed by atoms with Crippen LogP contribution in [0.2, 0.25) is 0 Å². The minimum Gasteiger partial charge on any atom is -0.378 e. The Bertz CT molecular complexity index is 390. The lowest BCUT2D eigenvalue weighted by Crippen LogP contribution is -2.43.